The molecule has 1 aromatic heterocycles. The Kier molecular flexibility index (Phi) is 6.53. The number of carboxylic acid groups (broad SMARTS) is 1. The van der Waals surface area contributed by atoms with E-state index in [1.165, 1.54) is 30.5 Å². The second-order valence-electron chi connectivity index (χ2n) is 5.84. The maximum absolute atomic E-state index is 12.2. The molecule has 0 aliphatic heterocycles. The Balaban J connectivity index is 1.94. The molecule has 0 saturated carbocycles. The van der Waals surface area contributed by atoms with Gasteiger partial charge in [0.15, 0.2) is 0 Å². The molecular weight excluding hydrogens is 360 g/mol. The van der Waals surface area contributed by atoms with Crippen LogP contribution in [-0.4, -0.2) is 31.9 Å². The van der Waals surface area contributed by atoms with Gasteiger partial charge in [0.1, 0.15) is 5.76 Å². The Morgan fingerprint density at radius 2 is 1.88 bits per heavy atom. The van der Waals surface area contributed by atoms with Gasteiger partial charge in [-0.15, -0.1) is 0 Å². The van der Waals surface area contributed by atoms with Crippen molar-refractivity contribution in [2.45, 2.75) is 24.8 Å². The summed E-state index contributed by atoms with van der Waals surface area (Å²) < 4.78 is 31.9. The van der Waals surface area contributed by atoms with Gasteiger partial charge in [0.05, 0.1) is 17.7 Å². The summed E-state index contributed by atoms with van der Waals surface area (Å²) in [5, 5.41) is 11.3. The SMILES string of the molecule is CC(CNC(=O)c1ccc(S(=O)(=O)NCc2ccco2)cc1)CC(=O)O. The minimum atomic E-state index is -3.72. The van der Waals surface area contributed by atoms with Crippen LogP contribution in [0.5, 0.6) is 0 Å². The number of carbonyl (C=O) groups is 2. The summed E-state index contributed by atoms with van der Waals surface area (Å²) in [6.45, 7) is 1.96. The minimum Gasteiger partial charge on any atom is -0.481 e. The molecule has 2 aromatic rings. The van der Waals surface area contributed by atoms with E-state index in [4.69, 9.17) is 9.52 Å². The number of hydrogen-bond acceptors (Lipinski definition) is 5. The maximum atomic E-state index is 12.2. The Morgan fingerprint density at radius 1 is 1.19 bits per heavy atom. The Hall–Kier alpha value is -2.65. The van der Waals surface area contributed by atoms with Crippen LogP contribution < -0.4 is 10.0 Å². The monoisotopic (exact) mass is 380 g/mol. The van der Waals surface area contributed by atoms with Crippen molar-refractivity contribution in [3.63, 3.8) is 0 Å². The summed E-state index contributed by atoms with van der Waals surface area (Å²) in [6, 6.07) is 8.78. The van der Waals surface area contributed by atoms with E-state index in [1.54, 1.807) is 19.1 Å². The molecule has 0 fully saturated rings. The van der Waals surface area contributed by atoms with E-state index in [0.29, 0.717) is 5.76 Å². The molecule has 0 aliphatic carbocycles. The molecule has 1 aromatic carbocycles. The van der Waals surface area contributed by atoms with Gasteiger partial charge in [0, 0.05) is 18.5 Å². The summed E-state index contributed by atoms with van der Waals surface area (Å²) in [7, 11) is -3.72. The zero-order chi connectivity index (χ0) is 19.2. The van der Waals surface area contributed by atoms with Crippen LogP contribution in [0.2, 0.25) is 0 Å². The lowest BCUT2D eigenvalue weighted by molar-refractivity contribution is -0.137. The number of amides is 1. The highest BCUT2D eigenvalue weighted by Gasteiger charge is 2.16. The number of furan rings is 1. The summed E-state index contributed by atoms with van der Waals surface area (Å²) in [4.78, 5) is 22.7. The number of carbonyl (C=O) groups excluding carboxylic acids is 1. The Labute approximate surface area is 151 Å². The molecule has 0 radical (unpaired) electrons. The van der Waals surface area contributed by atoms with E-state index in [2.05, 4.69) is 10.0 Å². The number of sulfonamides is 1. The molecule has 140 valence electrons. The largest absolute Gasteiger partial charge is 0.481 e. The first-order chi connectivity index (χ1) is 12.3. The van der Waals surface area contributed by atoms with Crippen LogP contribution in [0.1, 0.15) is 29.5 Å². The first-order valence-electron chi connectivity index (χ1n) is 7.90. The maximum Gasteiger partial charge on any atom is 0.303 e. The first-order valence-corrected chi connectivity index (χ1v) is 9.38. The molecule has 0 bridgehead atoms. The molecule has 0 saturated heterocycles. The lowest BCUT2D eigenvalue weighted by Crippen LogP contribution is -2.29. The number of rotatable bonds is 9. The highest BCUT2D eigenvalue weighted by Crippen LogP contribution is 2.12. The average molecular weight is 380 g/mol. The predicted octanol–water partition coefficient (Wildman–Crippen LogP) is 1.60. The molecule has 26 heavy (non-hydrogen) atoms. The fourth-order valence-corrected chi connectivity index (χ4v) is 3.18. The second-order valence-corrected chi connectivity index (χ2v) is 7.61. The molecule has 1 atom stereocenters. The predicted molar refractivity (Wildman–Crippen MR) is 92.9 cm³/mol. The number of nitrogens with one attached hydrogen (secondary N) is 2. The Morgan fingerprint density at radius 3 is 2.46 bits per heavy atom. The number of benzene rings is 1. The standard InChI is InChI=1S/C17H20N2O6S/c1-12(9-16(20)21)10-18-17(22)13-4-6-15(7-5-13)26(23,24)19-11-14-3-2-8-25-14/h2-8,12,19H,9-11H2,1H3,(H,18,22)(H,20,21). The topological polar surface area (TPSA) is 126 Å². The molecule has 3 N–H and O–H groups in total. The fourth-order valence-electron chi connectivity index (χ4n) is 2.19. The van der Waals surface area contributed by atoms with Crippen molar-refractivity contribution in [1.82, 2.24) is 10.0 Å². The first kappa shape index (κ1) is 19.7. The van der Waals surface area contributed by atoms with Crippen molar-refractivity contribution in [3.05, 3.63) is 54.0 Å². The summed E-state index contributed by atoms with van der Waals surface area (Å²) in [5.41, 5.74) is 0.289. The van der Waals surface area contributed by atoms with Crippen LogP contribution in [0, 0.1) is 5.92 Å². The molecule has 1 amide bonds. The third kappa shape index (κ3) is 5.71. The number of hydrogen-bond donors (Lipinski definition) is 3. The third-order valence-electron chi connectivity index (χ3n) is 3.58. The van der Waals surface area contributed by atoms with Gasteiger partial charge in [-0.25, -0.2) is 13.1 Å². The molecule has 1 heterocycles. The van der Waals surface area contributed by atoms with E-state index in [1.807, 2.05) is 0 Å². The van der Waals surface area contributed by atoms with Gasteiger partial charge in [-0.3, -0.25) is 9.59 Å². The van der Waals surface area contributed by atoms with E-state index >= 15 is 0 Å². The lowest BCUT2D eigenvalue weighted by Gasteiger charge is -2.11. The van der Waals surface area contributed by atoms with Gasteiger partial charge in [0.2, 0.25) is 10.0 Å². The normalized spacial score (nSPS) is 12.5. The highest BCUT2D eigenvalue weighted by atomic mass is 32.2. The van der Waals surface area contributed by atoms with E-state index < -0.39 is 21.9 Å². The smallest absolute Gasteiger partial charge is 0.303 e. The summed E-state index contributed by atoms with van der Waals surface area (Å²) in [5.74, 6) is -1.04. The summed E-state index contributed by atoms with van der Waals surface area (Å²) in [6.07, 6.45) is 1.41. The van der Waals surface area contributed by atoms with Crippen molar-refractivity contribution in [2.24, 2.45) is 5.92 Å². The molecule has 9 heteroatoms. The second kappa shape index (κ2) is 8.63. The molecular formula is C17H20N2O6S. The van der Waals surface area contributed by atoms with Crippen molar-refractivity contribution in [2.75, 3.05) is 6.54 Å². The van der Waals surface area contributed by atoms with Crippen LogP contribution in [0.25, 0.3) is 0 Å². The molecule has 2 rings (SSSR count). The van der Waals surface area contributed by atoms with Gasteiger partial charge in [-0.1, -0.05) is 6.92 Å². The van der Waals surface area contributed by atoms with Crippen molar-refractivity contribution >= 4 is 21.9 Å². The highest BCUT2D eigenvalue weighted by molar-refractivity contribution is 7.89. The average Bonchev–Trinajstić information content (AvgIpc) is 3.11. The van der Waals surface area contributed by atoms with Gasteiger partial charge >= 0.3 is 5.97 Å². The zero-order valence-corrected chi connectivity index (χ0v) is 15.0. The Bertz CT molecular complexity index is 844. The van der Waals surface area contributed by atoms with Crippen molar-refractivity contribution in [3.8, 4) is 0 Å². The molecule has 8 nitrogen and oxygen atoms in total. The van der Waals surface area contributed by atoms with Crippen molar-refractivity contribution in [1.29, 1.82) is 0 Å². The molecule has 1 unspecified atom stereocenters. The fraction of sp³-hybridized carbons (Fsp3) is 0.294. The van der Waals surface area contributed by atoms with Gasteiger partial charge in [-0.2, -0.15) is 0 Å². The van der Waals surface area contributed by atoms with Crippen LogP contribution in [-0.2, 0) is 21.4 Å². The third-order valence-corrected chi connectivity index (χ3v) is 4.99. The van der Waals surface area contributed by atoms with E-state index in [-0.39, 0.29) is 35.9 Å². The zero-order valence-electron chi connectivity index (χ0n) is 14.1. The lowest BCUT2D eigenvalue weighted by atomic mass is 10.1. The van der Waals surface area contributed by atoms with Crippen LogP contribution in [0.15, 0.2) is 52.0 Å². The van der Waals surface area contributed by atoms with Gasteiger partial charge in [-0.05, 0) is 42.3 Å². The van der Waals surface area contributed by atoms with E-state index in [0.717, 1.165) is 0 Å². The number of aliphatic carboxylic acids is 1. The number of carboxylic acids is 1. The van der Waals surface area contributed by atoms with Gasteiger partial charge in [0.25, 0.3) is 5.91 Å². The molecule has 0 spiro atoms. The molecule has 0 aliphatic rings. The summed E-state index contributed by atoms with van der Waals surface area (Å²) >= 11 is 0. The quantitative estimate of drug-likeness (QED) is 0.607. The van der Waals surface area contributed by atoms with Crippen molar-refractivity contribution < 1.29 is 27.5 Å². The van der Waals surface area contributed by atoms with Crippen LogP contribution >= 0.6 is 0 Å². The minimum absolute atomic E-state index is 0.0268. The van der Waals surface area contributed by atoms with Crippen LogP contribution in [0.3, 0.4) is 0 Å². The van der Waals surface area contributed by atoms with Gasteiger partial charge < -0.3 is 14.8 Å². The van der Waals surface area contributed by atoms with E-state index in [9.17, 15) is 18.0 Å². The van der Waals surface area contributed by atoms with Crippen LogP contribution in [0.4, 0.5) is 0 Å².